The molecular weight excluding hydrogens is 2100 g/mol. The molecule has 0 radical (unpaired) electrons. The van der Waals surface area contributed by atoms with Gasteiger partial charge in [-0.15, -0.1) is 17.6 Å². The molecule has 0 bridgehead atoms. The fourth-order valence-electron chi connectivity index (χ4n) is 8.58. The maximum Gasteiger partial charge on any atom is 0.427 e. The molecule has 9 aliphatic rings. The summed E-state index contributed by atoms with van der Waals surface area (Å²) < 4.78 is 241. The summed E-state index contributed by atoms with van der Waals surface area (Å²) in [5.41, 5.74) is 61.9. The number of nitrogens with two attached hydrogens (primary N) is 12. The van der Waals surface area contributed by atoms with E-state index in [-0.39, 0.29) is 85.1 Å². The van der Waals surface area contributed by atoms with Gasteiger partial charge in [-0.3, -0.25) is 81.3 Å². The quantitative estimate of drug-likeness (QED) is 0.0332. The minimum Gasteiger partial charge on any atom is -0.858 e. The first-order valence-electron chi connectivity index (χ1n) is 37.8. The number of guanidine groups is 4. The Morgan fingerprint density at radius 1 is 0.359 bits per heavy atom. The standard InChI is InChI=1S/2C7H5NO3S.4C6H14N4O2.7C4H5NO4S/c2*9-7-5-3-1-2-4-6(5)12(10,11)8-7;4*7-4(5(11)12)2-1-3-10-6(8)9;7*1-3-2-4(6)5-10(7,8)9-3/h2*1-4H,(H,8,9);4*4H,1-3,7H2,(H,11,12)(H4,8,9,10);7*2H,1H3,(H,5,6)/p-3/t;;4*4-;;;;;;;/m..0000......./s1. The van der Waals surface area contributed by atoms with Crippen LogP contribution in [0.2, 0.25) is 0 Å². The number of carboxylic acids is 4. The van der Waals surface area contributed by atoms with Gasteiger partial charge in [0, 0.05) is 66.4 Å². The second-order valence-corrected chi connectivity index (χ2v) is 38.5. The number of aliphatic carboxylic acids is 4. The van der Waals surface area contributed by atoms with Crippen LogP contribution in [0.5, 0.6) is 0 Å². The predicted octanol–water partition coefficient (Wildman–Crippen LogP) is -16.9. The SMILES string of the molecule is CC1=CC(=O)NS(=O)(=O)O1.CC1=CC(=O)NS(=O)(=O)O1.CC1=CC(=O)NS(=O)(=O)O1.CC1=CC([O-])=NS(=O)(=O)O1.CC1=CC([O-])=NS(=O)(=O)O1.CC1=CC([O-])=NS(=O)(=O)O1.CC1=CC([O-])=NS(=O)(=O)O1.NC(N)=NCCC[C@H](N)C(=O)O.NC(N)=NCCC[C@H](N)C(=O)O.NC(N)=[NH+]CCC[C@H](N)C(=O)O.NC(N)=[NH+]CCC[C@H](N)C(=O)O.O=C1NS(=O)(=O)c2ccccc21.O=S1(=O)N=C([O-])c2ccccc21. The molecule has 0 saturated carbocycles. The Bertz CT molecular complexity index is 5950. The van der Waals surface area contributed by atoms with E-state index in [2.05, 4.69) is 71.2 Å². The average molecular weight is 2200 g/mol. The number of hydrogen-bond donors (Lipinski definition) is 22. The van der Waals surface area contributed by atoms with E-state index < -0.39 is 193 Å². The summed E-state index contributed by atoms with van der Waals surface area (Å²) in [5, 5.41) is 86.0. The summed E-state index contributed by atoms with van der Waals surface area (Å²) in [4.78, 5) is 96.0. The highest BCUT2D eigenvalue weighted by molar-refractivity contribution is 7.91. The molecular formula is C66H98N25O42S9-3. The van der Waals surface area contributed by atoms with Gasteiger partial charge in [-0.25, -0.2) is 27.3 Å². The van der Waals surface area contributed by atoms with E-state index in [1.54, 1.807) is 38.4 Å². The summed E-state index contributed by atoms with van der Waals surface area (Å²) in [5.74, 6) is -9.75. The Morgan fingerprint density at radius 3 is 0.824 bits per heavy atom. The monoisotopic (exact) mass is 2200 g/mol. The van der Waals surface area contributed by atoms with Crippen molar-refractivity contribution in [2.24, 2.45) is 101 Å². The average Bonchev–Trinajstić information content (AvgIpc) is 1.64. The number of benzene rings is 2. The molecule has 142 heavy (non-hydrogen) atoms. The lowest BCUT2D eigenvalue weighted by Crippen LogP contribution is -2.78. The maximum absolute atomic E-state index is 11.1. The van der Waals surface area contributed by atoms with E-state index in [1.807, 2.05) is 4.72 Å². The van der Waals surface area contributed by atoms with Gasteiger partial charge in [0.05, 0.1) is 23.5 Å². The van der Waals surface area contributed by atoms with Crippen LogP contribution >= 0.6 is 0 Å². The Morgan fingerprint density at radius 2 is 0.606 bits per heavy atom. The third kappa shape index (κ3) is 59.8. The van der Waals surface area contributed by atoms with Crippen LogP contribution in [0.25, 0.3) is 0 Å². The van der Waals surface area contributed by atoms with Crippen molar-refractivity contribution in [3.63, 3.8) is 0 Å². The van der Waals surface area contributed by atoms with Gasteiger partial charge in [0.1, 0.15) is 69.4 Å². The molecule has 9 aliphatic heterocycles. The van der Waals surface area contributed by atoms with Crippen molar-refractivity contribution in [1.29, 1.82) is 0 Å². The first kappa shape index (κ1) is 129. The number of nitrogens with one attached hydrogen (secondary N) is 6. The second-order valence-electron chi connectivity index (χ2n) is 26.6. The lowest BCUT2D eigenvalue weighted by Gasteiger charge is -2.12. The molecule has 34 N–H and O–H groups in total. The highest BCUT2D eigenvalue weighted by Gasteiger charge is 2.32. The molecule has 4 amide bonds. The molecule has 2 aromatic carbocycles. The Kier molecular flexibility index (Phi) is 53.8. The number of hydrogen-bond acceptors (Lipinski definition) is 44. The summed E-state index contributed by atoms with van der Waals surface area (Å²) >= 11 is 0. The maximum atomic E-state index is 11.1. The van der Waals surface area contributed by atoms with Crippen molar-refractivity contribution in [2.75, 3.05) is 26.2 Å². The number of carboxylic acid groups (broad SMARTS) is 4. The zero-order valence-corrected chi connectivity index (χ0v) is 81.8. The summed E-state index contributed by atoms with van der Waals surface area (Å²) in [6.07, 6.45) is 11.2. The van der Waals surface area contributed by atoms with Gasteiger partial charge in [0.15, 0.2) is 11.9 Å². The molecule has 0 fully saturated rings. The summed E-state index contributed by atoms with van der Waals surface area (Å²) in [6.45, 7) is 11.5. The Hall–Kier alpha value is -15.2. The predicted molar refractivity (Wildman–Crippen MR) is 481 cm³/mol. The minimum absolute atomic E-state index is 0.00926. The number of aliphatic imine (C=N–C) groups is 2. The van der Waals surface area contributed by atoms with Crippen molar-refractivity contribution in [2.45, 2.75) is 134 Å². The molecule has 0 spiro atoms. The fourth-order valence-corrected chi connectivity index (χ4v) is 15.8. The third-order valence-electron chi connectivity index (χ3n) is 14.0. The van der Waals surface area contributed by atoms with Gasteiger partial charge < -0.3 is 121 Å². The number of amides is 4. The number of allylic oxidation sites excluding steroid dienone is 7. The van der Waals surface area contributed by atoms with Crippen molar-refractivity contribution in [3.05, 3.63) is 143 Å². The molecule has 0 aliphatic carbocycles. The first-order chi connectivity index (χ1) is 64.8. The van der Waals surface area contributed by atoms with Gasteiger partial charge in [-0.2, -0.15) is 71.7 Å². The number of rotatable bonds is 20. The van der Waals surface area contributed by atoms with E-state index in [9.17, 15) is 140 Å². The molecule has 67 nitrogen and oxygen atoms in total. The van der Waals surface area contributed by atoms with Crippen LogP contribution in [0.4, 0.5) is 0 Å². The number of nitrogens with zero attached hydrogens (tertiary/aromatic N) is 7. The van der Waals surface area contributed by atoms with Crippen LogP contribution in [-0.4, -0.2) is 247 Å². The van der Waals surface area contributed by atoms with Gasteiger partial charge in [0.25, 0.3) is 43.7 Å². The summed E-state index contributed by atoms with van der Waals surface area (Å²) in [6, 6.07) is 8.84. The van der Waals surface area contributed by atoms with Crippen LogP contribution < -0.4 is 123 Å². The molecule has 796 valence electrons. The highest BCUT2D eigenvalue weighted by Crippen LogP contribution is 2.24. The van der Waals surface area contributed by atoms with Crippen LogP contribution in [0.15, 0.2) is 173 Å². The van der Waals surface area contributed by atoms with Gasteiger partial charge in [-0.05, 0) is 142 Å². The zero-order valence-electron chi connectivity index (χ0n) is 74.5. The molecule has 2 aromatic rings. The molecule has 9 heterocycles. The van der Waals surface area contributed by atoms with E-state index in [0.717, 1.165) is 42.5 Å². The largest absolute Gasteiger partial charge is 0.858 e. The highest BCUT2D eigenvalue weighted by atomic mass is 32.3. The van der Waals surface area contributed by atoms with Gasteiger partial charge in [0.2, 0.25) is 0 Å². The number of fused-ring (bicyclic) bond motifs is 2. The lowest BCUT2D eigenvalue weighted by atomic mass is 10.2. The molecule has 0 unspecified atom stereocenters. The van der Waals surface area contributed by atoms with Crippen LogP contribution in [0.3, 0.4) is 0 Å². The fraction of sp³-hybridized carbons (Fsp3) is 0.348. The molecule has 76 heteroatoms. The topological polar surface area (TPSA) is 1180 Å². The Labute approximate surface area is 809 Å². The lowest BCUT2D eigenvalue weighted by molar-refractivity contribution is -0.460. The van der Waals surface area contributed by atoms with Crippen LogP contribution in [-0.2, 0) is 155 Å². The smallest absolute Gasteiger partial charge is 0.427 e. The van der Waals surface area contributed by atoms with E-state index >= 15 is 0 Å². The van der Waals surface area contributed by atoms with Crippen molar-refractivity contribution in [1.82, 2.24) is 18.9 Å². The first-order valence-corrected chi connectivity index (χ1v) is 50.4. The van der Waals surface area contributed by atoms with Crippen molar-refractivity contribution >= 4 is 193 Å². The van der Waals surface area contributed by atoms with Crippen LogP contribution in [0, 0.1) is 0 Å². The van der Waals surface area contributed by atoms with E-state index in [4.69, 9.17) is 89.2 Å². The van der Waals surface area contributed by atoms with Crippen molar-refractivity contribution < 1.29 is 199 Å². The van der Waals surface area contributed by atoms with Gasteiger partial charge >= 0.3 is 108 Å². The minimum atomic E-state index is -3.97. The van der Waals surface area contributed by atoms with E-state index in [1.165, 1.54) is 72.7 Å². The molecule has 4 atom stereocenters. The third-order valence-corrected chi connectivity index (χ3v) is 23.0. The van der Waals surface area contributed by atoms with Crippen LogP contribution in [0.1, 0.15) is 116 Å². The number of sulfonamides is 2. The number of carbonyl (C=O) groups is 8. The Balaban J connectivity index is 0. The molecule has 0 aromatic heterocycles. The van der Waals surface area contributed by atoms with E-state index in [0.29, 0.717) is 77.5 Å². The summed E-state index contributed by atoms with van der Waals surface area (Å²) in [7, 11) is -34.7. The normalized spacial score (nSPS) is 18.3. The van der Waals surface area contributed by atoms with Gasteiger partial charge in [-0.1, -0.05) is 30.3 Å². The second kappa shape index (κ2) is 59.3. The molecule has 0 saturated heterocycles. The van der Waals surface area contributed by atoms with Crippen molar-refractivity contribution in [3.8, 4) is 0 Å². The zero-order chi connectivity index (χ0) is 110. The number of carbonyl (C=O) groups excluding carboxylic acids is 4. The molecule has 11 rings (SSSR count).